The van der Waals surface area contributed by atoms with Gasteiger partial charge in [-0.15, -0.1) is 0 Å². The van der Waals surface area contributed by atoms with Crippen molar-refractivity contribution in [3.05, 3.63) is 41.6 Å². The lowest BCUT2D eigenvalue weighted by molar-refractivity contribution is 0.0350. The highest BCUT2D eigenvalue weighted by Gasteiger charge is 2.41. The lowest BCUT2D eigenvalue weighted by atomic mass is 9.75. The minimum absolute atomic E-state index is 0.0318. The number of aromatic nitrogens is 1. The molecule has 1 aromatic heterocycles. The first-order chi connectivity index (χ1) is 13.2. The maximum atomic E-state index is 14.0. The van der Waals surface area contributed by atoms with Gasteiger partial charge in [0, 0.05) is 18.0 Å². The van der Waals surface area contributed by atoms with Gasteiger partial charge in [0.1, 0.15) is 11.1 Å². The number of benzene rings is 1. The molecule has 1 atom stereocenters. The molecule has 2 aliphatic rings. The first kappa shape index (κ1) is 19.3. The van der Waals surface area contributed by atoms with E-state index in [9.17, 15) is 8.78 Å². The Balaban J connectivity index is 1.69. The number of hydrogen-bond acceptors (Lipinski definition) is 3. The molecular formula is C23H28F2N2O. The lowest BCUT2D eigenvalue weighted by Crippen LogP contribution is -2.44. The quantitative estimate of drug-likeness (QED) is 0.630. The summed E-state index contributed by atoms with van der Waals surface area (Å²) in [6.45, 7) is 6.39. The number of ether oxygens (including phenoxy) is 1. The third-order valence-corrected chi connectivity index (χ3v) is 6.00. The Morgan fingerprint density at radius 2 is 1.86 bits per heavy atom. The van der Waals surface area contributed by atoms with Crippen LogP contribution in [-0.2, 0) is 4.74 Å². The molecule has 4 rings (SSSR count). The van der Waals surface area contributed by atoms with Crippen molar-refractivity contribution in [3.63, 3.8) is 0 Å². The molecule has 0 bridgehead atoms. The molecule has 0 saturated heterocycles. The maximum Gasteiger partial charge on any atom is 0.218 e. The van der Waals surface area contributed by atoms with Gasteiger partial charge in [0.25, 0.3) is 0 Å². The molecule has 0 radical (unpaired) electrons. The Hall–Kier alpha value is -2.04. The van der Waals surface area contributed by atoms with Crippen LogP contribution in [0.25, 0.3) is 10.9 Å². The normalized spacial score (nSPS) is 25.4. The second-order valence-electron chi connectivity index (χ2n) is 9.32. The van der Waals surface area contributed by atoms with Crippen LogP contribution in [-0.4, -0.2) is 22.0 Å². The lowest BCUT2D eigenvalue weighted by Gasteiger charge is -2.42. The molecule has 3 nitrogen and oxygen atoms in total. The molecule has 1 saturated carbocycles. The van der Waals surface area contributed by atoms with E-state index < -0.39 is 11.6 Å². The summed E-state index contributed by atoms with van der Waals surface area (Å²) in [5.41, 5.74) is 0.205. The topological polar surface area (TPSA) is 34.5 Å². The van der Waals surface area contributed by atoms with Crippen LogP contribution < -0.4 is 0 Å². The van der Waals surface area contributed by atoms with E-state index >= 15 is 0 Å². The number of nitrogens with zero attached hydrogens (tertiary/aromatic N) is 2. The molecule has 0 spiro atoms. The van der Waals surface area contributed by atoms with Crippen LogP contribution in [0.4, 0.5) is 8.78 Å². The van der Waals surface area contributed by atoms with Gasteiger partial charge >= 0.3 is 0 Å². The monoisotopic (exact) mass is 386 g/mol. The molecule has 1 unspecified atom stereocenters. The van der Waals surface area contributed by atoms with Crippen LogP contribution >= 0.6 is 0 Å². The van der Waals surface area contributed by atoms with Crippen molar-refractivity contribution in [2.45, 2.75) is 76.9 Å². The smallest absolute Gasteiger partial charge is 0.218 e. The molecule has 1 aromatic carbocycles. The summed E-state index contributed by atoms with van der Waals surface area (Å²) in [5.74, 6) is -0.545. The van der Waals surface area contributed by atoms with Crippen molar-refractivity contribution in [1.29, 1.82) is 0 Å². The average Bonchev–Trinajstić information content (AvgIpc) is 2.63. The number of halogens is 2. The Morgan fingerprint density at radius 1 is 1.11 bits per heavy atom. The molecule has 0 amide bonds. The minimum atomic E-state index is -0.919. The maximum absolute atomic E-state index is 14.0. The molecule has 1 fully saturated rings. The highest BCUT2D eigenvalue weighted by molar-refractivity contribution is 5.98. The van der Waals surface area contributed by atoms with Gasteiger partial charge in [-0.3, -0.25) is 4.98 Å². The van der Waals surface area contributed by atoms with Crippen LogP contribution in [0, 0.1) is 17.6 Å². The second-order valence-corrected chi connectivity index (χ2v) is 9.32. The fraction of sp³-hybridized carbons (Fsp3) is 0.565. The van der Waals surface area contributed by atoms with Crippen LogP contribution in [0.1, 0.15) is 71.3 Å². The predicted octanol–water partition coefficient (Wildman–Crippen LogP) is 6.19. The Morgan fingerprint density at radius 3 is 2.61 bits per heavy atom. The van der Waals surface area contributed by atoms with E-state index in [4.69, 9.17) is 9.73 Å². The Bertz CT molecular complexity index is 918. The van der Waals surface area contributed by atoms with Gasteiger partial charge in [-0.25, -0.2) is 13.8 Å². The zero-order valence-electron chi connectivity index (χ0n) is 16.9. The summed E-state index contributed by atoms with van der Waals surface area (Å²) in [6.07, 6.45) is 9.99. The number of rotatable bonds is 3. The van der Waals surface area contributed by atoms with E-state index in [0.717, 1.165) is 18.9 Å². The number of fused-ring (bicyclic) bond motifs is 1. The molecule has 2 heterocycles. The number of aliphatic imine (C=N–C) groups is 1. The van der Waals surface area contributed by atoms with Gasteiger partial charge in [-0.1, -0.05) is 32.1 Å². The molecule has 1 aliphatic heterocycles. The number of pyridine rings is 1. The first-order valence-electron chi connectivity index (χ1n) is 10.3. The molecule has 0 N–H and O–H groups in total. The van der Waals surface area contributed by atoms with E-state index in [1.807, 2.05) is 0 Å². The predicted molar refractivity (Wildman–Crippen MR) is 108 cm³/mol. The van der Waals surface area contributed by atoms with Crippen LogP contribution in [0.2, 0.25) is 0 Å². The summed E-state index contributed by atoms with van der Waals surface area (Å²) < 4.78 is 33.6. The minimum Gasteiger partial charge on any atom is -0.471 e. The number of hydrogen-bond donors (Lipinski definition) is 0. The Kier molecular flexibility index (Phi) is 4.88. The third kappa shape index (κ3) is 3.89. The molecule has 150 valence electrons. The zero-order valence-corrected chi connectivity index (χ0v) is 16.9. The molecule has 1 aliphatic carbocycles. The summed E-state index contributed by atoms with van der Waals surface area (Å²) in [4.78, 5) is 9.16. The molecule has 28 heavy (non-hydrogen) atoms. The van der Waals surface area contributed by atoms with E-state index in [-0.39, 0.29) is 16.7 Å². The van der Waals surface area contributed by atoms with Crippen molar-refractivity contribution in [2.75, 3.05) is 0 Å². The van der Waals surface area contributed by atoms with Crippen molar-refractivity contribution < 1.29 is 13.5 Å². The third-order valence-electron chi connectivity index (χ3n) is 6.00. The van der Waals surface area contributed by atoms with Gasteiger partial charge in [-0.2, -0.15) is 0 Å². The van der Waals surface area contributed by atoms with E-state index in [2.05, 4.69) is 25.8 Å². The standard InChI is InChI=1S/C23H28F2N2O/c1-22(2)14-23(3,12-15-7-5-4-6-8-15)27-21(28-22)17-11-16-9-10-18(24)19(25)20(16)26-13-17/h9-11,13,15H,4-8,12,14H2,1-3H3. The van der Waals surface area contributed by atoms with Crippen molar-refractivity contribution >= 4 is 16.8 Å². The van der Waals surface area contributed by atoms with Crippen LogP contribution in [0.15, 0.2) is 29.4 Å². The van der Waals surface area contributed by atoms with E-state index in [0.29, 0.717) is 22.8 Å². The van der Waals surface area contributed by atoms with Crippen molar-refractivity contribution in [1.82, 2.24) is 4.98 Å². The average molecular weight is 386 g/mol. The highest BCUT2D eigenvalue weighted by Crippen LogP contribution is 2.40. The van der Waals surface area contributed by atoms with Gasteiger partial charge in [0.05, 0.1) is 11.1 Å². The summed E-state index contributed by atoms with van der Waals surface area (Å²) >= 11 is 0. The first-order valence-corrected chi connectivity index (χ1v) is 10.3. The van der Waals surface area contributed by atoms with Crippen molar-refractivity contribution in [2.24, 2.45) is 10.9 Å². The zero-order chi connectivity index (χ0) is 19.9. The van der Waals surface area contributed by atoms with Gasteiger partial charge in [-0.05, 0) is 51.3 Å². The largest absolute Gasteiger partial charge is 0.471 e. The SMILES string of the molecule is CC1(CC2CCCCC2)CC(C)(C)OC(c2cnc3c(F)c(F)ccc3c2)=N1. The molecule has 5 heteroatoms. The second kappa shape index (κ2) is 7.09. The van der Waals surface area contributed by atoms with Gasteiger partial charge < -0.3 is 4.74 Å². The van der Waals surface area contributed by atoms with Gasteiger partial charge in [0.15, 0.2) is 11.6 Å². The van der Waals surface area contributed by atoms with Crippen LogP contribution in [0.3, 0.4) is 0 Å². The van der Waals surface area contributed by atoms with Crippen LogP contribution in [0.5, 0.6) is 0 Å². The van der Waals surface area contributed by atoms with Crippen molar-refractivity contribution in [3.8, 4) is 0 Å². The van der Waals surface area contributed by atoms with E-state index in [1.165, 1.54) is 38.3 Å². The molecule has 2 aromatic rings. The summed E-state index contributed by atoms with van der Waals surface area (Å²) in [5, 5.41) is 0.542. The summed E-state index contributed by atoms with van der Waals surface area (Å²) in [6, 6.07) is 4.45. The highest BCUT2D eigenvalue weighted by atomic mass is 19.2. The molecular weight excluding hydrogens is 358 g/mol. The fourth-order valence-electron chi connectivity index (χ4n) is 5.04. The van der Waals surface area contributed by atoms with Gasteiger partial charge in [0.2, 0.25) is 5.90 Å². The fourth-order valence-corrected chi connectivity index (χ4v) is 5.04. The summed E-state index contributed by atoms with van der Waals surface area (Å²) in [7, 11) is 0. The Labute approximate surface area is 165 Å². The van der Waals surface area contributed by atoms with E-state index in [1.54, 1.807) is 12.1 Å².